The van der Waals surface area contributed by atoms with Crippen molar-refractivity contribution in [1.29, 1.82) is 0 Å². The minimum atomic E-state index is -3.12. The molecule has 26 heavy (non-hydrogen) atoms. The van der Waals surface area contributed by atoms with Crippen LogP contribution in [0.3, 0.4) is 0 Å². The first-order valence-electron chi connectivity index (χ1n) is 9.02. The van der Waals surface area contributed by atoms with Crippen molar-refractivity contribution in [3.8, 4) is 11.3 Å². The maximum Gasteiger partial charge on any atom is 0.267 e. The van der Waals surface area contributed by atoms with Crippen LogP contribution in [0.4, 0.5) is 0 Å². The Kier molecular flexibility index (Phi) is 5.58. The molecule has 0 N–H and O–H groups in total. The highest BCUT2D eigenvalue weighted by molar-refractivity contribution is 7.89. The summed E-state index contributed by atoms with van der Waals surface area (Å²) in [4.78, 5) is 12.4. The summed E-state index contributed by atoms with van der Waals surface area (Å²) >= 11 is 0. The van der Waals surface area contributed by atoms with Gasteiger partial charge in [-0.2, -0.15) is 5.10 Å². The summed E-state index contributed by atoms with van der Waals surface area (Å²) in [5, 5.41) is 4.59. The van der Waals surface area contributed by atoms with Gasteiger partial charge in [-0.05, 0) is 38.2 Å². The topological polar surface area (TPSA) is 72.3 Å². The molecule has 3 rings (SSSR count). The molecule has 1 aromatic heterocycles. The van der Waals surface area contributed by atoms with Crippen molar-refractivity contribution in [2.75, 3.05) is 18.8 Å². The number of hydrogen-bond donors (Lipinski definition) is 0. The third kappa shape index (κ3) is 4.04. The monoisotopic (exact) mass is 375 g/mol. The van der Waals surface area contributed by atoms with Gasteiger partial charge in [-0.3, -0.25) is 4.79 Å². The van der Waals surface area contributed by atoms with Gasteiger partial charge in [-0.25, -0.2) is 17.4 Å². The molecule has 140 valence electrons. The van der Waals surface area contributed by atoms with Crippen molar-refractivity contribution in [2.45, 2.75) is 33.2 Å². The number of aryl methyl sites for hydroxylation is 1. The van der Waals surface area contributed by atoms with Crippen LogP contribution in [-0.2, 0) is 16.6 Å². The van der Waals surface area contributed by atoms with Crippen LogP contribution in [0.15, 0.2) is 41.2 Å². The molecule has 0 amide bonds. The first kappa shape index (κ1) is 18.8. The van der Waals surface area contributed by atoms with Crippen LogP contribution < -0.4 is 5.56 Å². The minimum absolute atomic E-state index is 0.106. The van der Waals surface area contributed by atoms with E-state index in [1.807, 2.05) is 37.3 Å². The van der Waals surface area contributed by atoms with E-state index in [1.54, 1.807) is 17.3 Å². The lowest BCUT2D eigenvalue weighted by Crippen LogP contribution is -2.41. The molecule has 0 bridgehead atoms. The molecule has 2 heterocycles. The van der Waals surface area contributed by atoms with E-state index < -0.39 is 10.0 Å². The summed E-state index contributed by atoms with van der Waals surface area (Å²) in [5.74, 6) is 0.395. The molecule has 6 nitrogen and oxygen atoms in total. The third-order valence-corrected chi connectivity index (χ3v) is 6.88. The van der Waals surface area contributed by atoms with Gasteiger partial charge < -0.3 is 0 Å². The van der Waals surface area contributed by atoms with Crippen LogP contribution >= 0.6 is 0 Å². The van der Waals surface area contributed by atoms with Crippen molar-refractivity contribution in [3.63, 3.8) is 0 Å². The molecule has 0 radical (unpaired) electrons. The molecule has 1 aliphatic rings. The second-order valence-corrected chi connectivity index (χ2v) is 9.06. The number of rotatable bonds is 5. The molecule has 7 heteroatoms. The van der Waals surface area contributed by atoms with Crippen LogP contribution in [0.5, 0.6) is 0 Å². The summed E-state index contributed by atoms with van der Waals surface area (Å²) in [6.45, 7) is 5.14. The van der Waals surface area contributed by atoms with Gasteiger partial charge in [-0.1, -0.05) is 30.3 Å². The van der Waals surface area contributed by atoms with Crippen LogP contribution in [0.1, 0.15) is 25.3 Å². The summed E-state index contributed by atoms with van der Waals surface area (Å²) in [7, 11) is -3.12. The summed E-state index contributed by atoms with van der Waals surface area (Å²) in [6.07, 6.45) is 1.50. The molecular formula is C19H25N3O3S. The largest absolute Gasteiger partial charge is 0.268 e. The number of hydrogen-bond acceptors (Lipinski definition) is 4. The highest BCUT2D eigenvalue weighted by Crippen LogP contribution is 2.22. The van der Waals surface area contributed by atoms with Crippen molar-refractivity contribution in [1.82, 2.24) is 14.1 Å². The van der Waals surface area contributed by atoms with Crippen molar-refractivity contribution >= 4 is 10.0 Å². The van der Waals surface area contributed by atoms with E-state index in [9.17, 15) is 13.2 Å². The maximum atomic E-state index is 12.4. The van der Waals surface area contributed by atoms with Crippen LogP contribution in [0.2, 0.25) is 0 Å². The fourth-order valence-corrected chi connectivity index (χ4v) is 4.52. The summed E-state index contributed by atoms with van der Waals surface area (Å²) < 4.78 is 27.0. The lowest BCUT2D eigenvalue weighted by Gasteiger charge is -2.31. The maximum absolute atomic E-state index is 12.4. The van der Waals surface area contributed by atoms with Gasteiger partial charge in [0.05, 0.1) is 11.4 Å². The second kappa shape index (κ2) is 7.72. The van der Waals surface area contributed by atoms with Crippen molar-refractivity contribution in [3.05, 3.63) is 52.3 Å². The predicted octanol–water partition coefficient (Wildman–Crippen LogP) is 2.28. The van der Waals surface area contributed by atoms with E-state index in [0.29, 0.717) is 19.6 Å². The normalized spacial score (nSPS) is 16.7. The third-order valence-electron chi connectivity index (χ3n) is 5.00. The molecule has 2 aromatic rings. The zero-order valence-electron chi connectivity index (χ0n) is 15.3. The number of sulfonamides is 1. The molecule has 1 saturated heterocycles. The highest BCUT2D eigenvalue weighted by atomic mass is 32.2. The number of benzene rings is 1. The molecule has 0 unspecified atom stereocenters. The van der Waals surface area contributed by atoms with Gasteiger partial charge in [0.1, 0.15) is 0 Å². The van der Waals surface area contributed by atoms with Gasteiger partial charge >= 0.3 is 0 Å². The molecule has 1 fully saturated rings. The smallest absolute Gasteiger partial charge is 0.267 e. The van der Waals surface area contributed by atoms with Gasteiger partial charge in [0.15, 0.2) is 0 Å². The average molecular weight is 375 g/mol. The predicted molar refractivity (Wildman–Crippen MR) is 102 cm³/mol. The minimum Gasteiger partial charge on any atom is -0.268 e. The first-order valence-corrected chi connectivity index (χ1v) is 10.6. The molecule has 0 spiro atoms. The van der Waals surface area contributed by atoms with Gasteiger partial charge in [0.2, 0.25) is 10.0 Å². The number of piperidine rings is 1. The Morgan fingerprint density at radius 3 is 2.42 bits per heavy atom. The zero-order chi connectivity index (χ0) is 18.7. The van der Waals surface area contributed by atoms with Gasteiger partial charge in [-0.15, -0.1) is 0 Å². The Labute approximate surface area is 154 Å². The van der Waals surface area contributed by atoms with Gasteiger partial charge in [0.25, 0.3) is 5.56 Å². The summed E-state index contributed by atoms with van der Waals surface area (Å²) in [6, 6.07) is 11.5. The Balaban J connectivity index is 1.76. The molecule has 0 atom stereocenters. The van der Waals surface area contributed by atoms with Crippen LogP contribution in [0.25, 0.3) is 11.3 Å². The Bertz CT molecular complexity index is 915. The number of nitrogens with zero attached hydrogens (tertiary/aromatic N) is 3. The van der Waals surface area contributed by atoms with Crippen LogP contribution in [-0.4, -0.2) is 41.3 Å². The quantitative estimate of drug-likeness (QED) is 0.804. The van der Waals surface area contributed by atoms with E-state index in [-0.39, 0.29) is 17.2 Å². The zero-order valence-corrected chi connectivity index (χ0v) is 16.1. The lowest BCUT2D eigenvalue weighted by atomic mass is 9.98. The second-order valence-electron chi connectivity index (χ2n) is 6.81. The fraction of sp³-hybridized carbons (Fsp3) is 0.474. The molecule has 0 aliphatic carbocycles. The lowest BCUT2D eigenvalue weighted by molar-refractivity contribution is 0.245. The van der Waals surface area contributed by atoms with Crippen LogP contribution in [0, 0.1) is 12.8 Å². The Hall–Kier alpha value is -1.99. The molecule has 0 saturated carbocycles. The fourth-order valence-electron chi connectivity index (χ4n) is 3.39. The van der Waals surface area contributed by atoms with E-state index >= 15 is 0 Å². The van der Waals surface area contributed by atoms with Crippen molar-refractivity contribution in [2.24, 2.45) is 5.92 Å². The SMILES string of the molecule is CCS(=O)(=O)N1CCC(Cn2nc(-c3ccccc3)c(C)cc2=O)CC1. The molecular weight excluding hydrogens is 350 g/mol. The molecule has 1 aliphatic heterocycles. The number of aromatic nitrogens is 2. The van der Waals surface area contributed by atoms with E-state index in [0.717, 1.165) is 29.7 Å². The Morgan fingerprint density at radius 2 is 1.81 bits per heavy atom. The Morgan fingerprint density at radius 1 is 1.15 bits per heavy atom. The standard InChI is InChI=1S/C19H25N3O3S/c1-3-26(24,25)21-11-9-16(10-12-21)14-22-18(23)13-15(2)19(20-22)17-7-5-4-6-8-17/h4-8,13,16H,3,9-12,14H2,1-2H3. The van der Waals surface area contributed by atoms with Gasteiger partial charge in [0, 0.05) is 31.3 Å². The van der Waals surface area contributed by atoms with E-state index in [1.165, 1.54) is 4.68 Å². The first-order chi connectivity index (χ1) is 12.4. The molecule has 1 aromatic carbocycles. The average Bonchev–Trinajstić information content (AvgIpc) is 2.65. The summed E-state index contributed by atoms with van der Waals surface area (Å²) in [5.41, 5.74) is 2.56. The van der Waals surface area contributed by atoms with Crippen molar-refractivity contribution < 1.29 is 8.42 Å². The van der Waals surface area contributed by atoms with E-state index in [2.05, 4.69) is 5.10 Å². The highest BCUT2D eigenvalue weighted by Gasteiger charge is 2.27. The van der Waals surface area contributed by atoms with E-state index in [4.69, 9.17) is 0 Å².